The van der Waals surface area contributed by atoms with Crippen molar-refractivity contribution < 1.29 is 4.39 Å². The van der Waals surface area contributed by atoms with Crippen LogP contribution in [0.25, 0.3) is 0 Å². The van der Waals surface area contributed by atoms with E-state index in [-0.39, 0.29) is 17.8 Å². The van der Waals surface area contributed by atoms with Crippen molar-refractivity contribution in [1.29, 1.82) is 0 Å². The molecular formula is C15H17ClFN3. The molecule has 0 radical (unpaired) electrons. The second kappa shape index (κ2) is 6.18. The van der Waals surface area contributed by atoms with E-state index in [4.69, 9.17) is 11.6 Å². The third-order valence-corrected chi connectivity index (χ3v) is 3.42. The van der Waals surface area contributed by atoms with Gasteiger partial charge in [-0.3, -0.25) is 0 Å². The first-order chi connectivity index (χ1) is 9.49. The van der Waals surface area contributed by atoms with Gasteiger partial charge in [-0.1, -0.05) is 37.6 Å². The minimum atomic E-state index is -0.249. The van der Waals surface area contributed by atoms with Crippen LogP contribution in [-0.2, 0) is 0 Å². The van der Waals surface area contributed by atoms with Crippen molar-refractivity contribution in [2.24, 2.45) is 0 Å². The van der Waals surface area contributed by atoms with E-state index in [1.807, 2.05) is 26.8 Å². The number of nitrogens with zero attached hydrogens (tertiary/aromatic N) is 2. The van der Waals surface area contributed by atoms with Crippen molar-refractivity contribution in [2.75, 3.05) is 5.32 Å². The van der Waals surface area contributed by atoms with Crippen LogP contribution in [0, 0.1) is 5.82 Å². The van der Waals surface area contributed by atoms with Gasteiger partial charge in [0.05, 0.1) is 6.04 Å². The molecule has 0 aliphatic carbocycles. The minimum absolute atomic E-state index is 0.0748. The largest absolute Gasteiger partial charge is 0.363 e. The molecule has 0 fully saturated rings. The summed E-state index contributed by atoms with van der Waals surface area (Å²) >= 11 is 6.13. The Morgan fingerprint density at radius 2 is 1.95 bits per heavy atom. The molecule has 1 aromatic carbocycles. The van der Waals surface area contributed by atoms with E-state index in [0.29, 0.717) is 11.0 Å². The molecule has 0 amide bonds. The van der Waals surface area contributed by atoms with Crippen LogP contribution >= 0.6 is 11.6 Å². The molecule has 1 atom stereocenters. The molecular weight excluding hydrogens is 277 g/mol. The first-order valence-electron chi connectivity index (χ1n) is 6.51. The summed E-state index contributed by atoms with van der Waals surface area (Å²) in [4.78, 5) is 8.26. The number of hydrogen-bond acceptors (Lipinski definition) is 3. The summed E-state index contributed by atoms with van der Waals surface area (Å²) in [6.07, 6.45) is 1.43. The van der Waals surface area contributed by atoms with Crippen LogP contribution in [0.2, 0.25) is 5.15 Å². The monoisotopic (exact) mass is 293 g/mol. The van der Waals surface area contributed by atoms with E-state index in [1.54, 1.807) is 6.07 Å². The predicted octanol–water partition coefficient (Wildman–Crippen LogP) is 4.57. The van der Waals surface area contributed by atoms with Gasteiger partial charge in [-0.25, -0.2) is 14.4 Å². The van der Waals surface area contributed by atoms with Gasteiger partial charge in [0.15, 0.2) is 0 Å². The molecule has 1 N–H and O–H groups in total. The SMILES string of the molecule is CC(C)c1c(Cl)ncnc1NC(C)c1cccc(F)c1. The van der Waals surface area contributed by atoms with Crippen molar-refractivity contribution in [3.05, 3.63) is 52.7 Å². The number of aromatic nitrogens is 2. The molecule has 0 saturated carbocycles. The number of nitrogens with one attached hydrogen (secondary N) is 1. The highest BCUT2D eigenvalue weighted by molar-refractivity contribution is 6.30. The maximum Gasteiger partial charge on any atom is 0.138 e. The van der Waals surface area contributed by atoms with Crippen molar-refractivity contribution in [2.45, 2.75) is 32.7 Å². The normalized spacial score (nSPS) is 12.5. The van der Waals surface area contributed by atoms with E-state index in [1.165, 1.54) is 18.5 Å². The molecule has 0 aliphatic rings. The number of anilines is 1. The third kappa shape index (κ3) is 3.25. The Kier molecular flexibility index (Phi) is 4.55. The standard InChI is InChI=1S/C15H17ClFN3/c1-9(2)13-14(16)18-8-19-15(13)20-10(3)11-5-4-6-12(17)7-11/h4-10H,1-3H3,(H,18,19,20). The number of rotatable bonds is 4. The zero-order valence-electron chi connectivity index (χ0n) is 11.7. The number of hydrogen-bond donors (Lipinski definition) is 1. The van der Waals surface area contributed by atoms with Gasteiger partial charge in [-0.05, 0) is 30.5 Å². The van der Waals surface area contributed by atoms with Gasteiger partial charge in [0, 0.05) is 5.56 Å². The summed E-state index contributed by atoms with van der Waals surface area (Å²) in [5.74, 6) is 0.642. The molecule has 1 aromatic heterocycles. The van der Waals surface area contributed by atoms with Gasteiger partial charge >= 0.3 is 0 Å². The summed E-state index contributed by atoms with van der Waals surface area (Å²) in [5, 5.41) is 3.72. The first kappa shape index (κ1) is 14.7. The van der Waals surface area contributed by atoms with Gasteiger partial charge in [-0.2, -0.15) is 0 Å². The van der Waals surface area contributed by atoms with E-state index >= 15 is 0 Å². The summed E-state index contributed by atoms with van der Waals surface area (Å²) < 4.78 is 13.3. The van der Waals surface area contributed by atoms with Crippen LogP contribution in [0.3, 0.4) is 0 Å². The second-order valence-electron chi connectivity index (χ2n) is 5.00. The van der Waals surface area contributed by atoms with Crippen molar-refractivity contribution in [3.63, 3.8) is 0 Å². The zero-order valence-corrected chi connectivity index (χ0v) is 12.4. The van der Waals surface area contributed by atoms with E-state index in [0.717, 1.165) is 11.1 Å². The molecule has 1 unspecified atom stereocenters. The maximum atomic E-state index is 13.3. The highest BCUT2D eigenvalue weighted by atomic mass is 35.5. The molecule has 0 aliphatic heterocycles. The van der Waals surface area contributed by atoms with Crippen LogP contribution in [0.1, 0.15) is 43.9 Å². The van der Waals surface area contributed by atoms with Gasteiger partial charge in [0.1, 0.15) is 23.1 Å². The summed E-state index contributed by atoms with van der Waals surface area (Å²) in [5.41, 5.74) is 1.73. The van der Waals surface area contributed by atoms with E-state index < -0.39 is 0 Å². The molecule has 0 spiro atoms. The fraction of sp³-hybridized carbons (Fsp3) is 0.333. The van der Waals surface area contributed by atoms with E-state index in [2.05, 4.69) is 15.3 Å². The Morgan fingerprint density at radius 3 is 2.60 bits per heavy atom. The second-order valence-corrected chi connectivity index (χ2v) is 5.36. The number of halogens is 2. The van der Waals surface area contributed by atoms with Crippen LogP contribution in [-0.4, -0.2) is 9.97 Å². The molecule has 20 heavy (non-hydrogen) atoms. The Hall–Kier alpha value is -1.68. The van der Waals surface area contributed by atoms with Crippen molar-refractivity contribution in [1.82, 2.24) is 9.97 Å². The van der Waals surface area contributed by atoms with Gasteiger partial charge in [-0.15, -0.1) is 0 Å². The molecule has 106 valence electrons. The molecule has 1 heterocycles. The molecule has 2 aromatic rings. The number of benzene rings is 1. The highest BCUT2D eigenvalue weighted by Gasteiger charge is 2.16. The molecule has 3 nitrogen and oxygen atoms in total. The minimum Gasteiger partial charge on any atom is -0.363 e. The lowest BCUT2D eigenvalue weighted by molar-refractivity contribution is 0.623. The quantitative estimate of drug-likeness (QED) is 0.839. The Morgan fingerprint density at radius 1 is 1.20 bits per heavy atom. The zero-order chi connectivity index (χ0) is 14.7. The smallest absolute Gasteiger partial charge is 0.138 e. The van der Waals surface area contributed by atoms with Gasteiger partial charge < -0.3 is 5.32 Å². The van der Waals surface area contributed by atoms with Crippen LogP contribution in [0.5, 0.6) is 0 Å². The average Bonchev–Trinajstić information content (AvgIpc) is 2.38. The third-order valence-electron chi connectivity index (χ3n) is 3.11. The molecule has 2 rings (SSSR count). The molecule has 0 bridgehead atoms. The Balaban J connectivity index is 2.28. The Labute approximate surface area is 123 Å². The van der Waals surface area contributed by atoms with Gasteiger partial charge in [0.2, 0.25) is 0 Å². The highest BCUT2D eigenvalue weighted by Crippen LogP contribution is 2.30. The molecule has 5 heteroatoms. The lowest BCUT2D eigenvalue weighted by atomic mass is 10.0. The topological polar surface area (TPSA) is 37.8 Å². The summed E-state index contributed by atoms with van der Waals surface area (Å²) in [6, 6.07) is 6.43. The summed E-state index contributed by atoms with van der Waals surface area (Å²) in [6.45, 7) is 6.01. The van der Waals surface area contributed by atoms with Crippen molar-refractivity contribution in [3.8, 4) is 0 Å². The first-order valence-corrected chi connectivity index (χ1v) is 6.89. The maximum absolute atomic E-state index is 13.3. The van der Waals surface area contributed by atoms with Crippen LogP contribution < -0.4 is 5.32 Å². The van der Waals surface area contributed by atoms with E-state index in [9.17, 15) is 4.39 Å². The lowest BCUT2D eigenvalue weighted by Gasteiger charge is -2.19. The Bertz CT molecular complexity index is 601. The molecule has 0 saturated heterocycles. The predicted molar refractivity (Wildman–Crippen MR) is 79.6 cm³/mol. The summed E-state index contributed by atoms with van der Waals surface area (Å²) in [7, 11) is 0. The lowest BCUT2D eigenvalue weighted by Crippen LogP contribution is -2.11. The van der Waals surface area contributed by atoms with Crippen molar-refractivity contribution >= 4 is 17.4 Å². The van der Waals surface area contributed by atoms with Crippen LogP contribution in [0.4, 0.5) is 10.2 Å². The average molecular weight is 294 g/mol. The van der Waals surface area contributed by atoms with Gasteiger partial charge in [0.25, 0.3) is 0 Å². The van der Waals surface area contributed by atoms with Crippen LogP contribution in [0.15, 0.2) is 30.6 Å². The fourth-order valence-corrected chi connectivity index (χ4v) is 2.42. The fourth-order valence-electron chi connectivity index (χ4n) is 2.07.